The van der Waals surface area contributed by atoms with Gasteiger partial charge < -0.3 is 4.85 Å². The predicted molar refractivity (Wildman–Crippen MR) is 64.7 cm³/mol. The van der Waals surface area contributed by atoms with Gasteiger partial charge in [0.2, 0.25) is 6.04 Å². The molecule has 2 aliphatic carbocycles. The first-order chi connectivity index (χ1) is 9.74. The maximum Gasteiger partial charge on any atom is 0.399 e. The van der Waals surface area contributed by atoms with E-state index < -0.39 is 67.7 Å². The molecule has 21 heavy (non-hydrogen) atoms. The van der Waals surface area contributed by atoms with Gasteiger partial charge in [-0.25, -0.2) is 19.7 Å². The SMILES string of the molecule is [C-]#[N+]C1CCC(C2C(F)CC(F)CC2F)CC1C(F)(F)F. The highest BCUT2D eigenvalue weighted by Gasteiger charge is 2.54. The molecule has 0 heterocycles. The van der Waals surface area contributed by atoms with Crippen molar-refractivity contribution >= 4 is 0 Å². The van der Waals surface area contributed by atoms with Crippen LogP contribution in [0, 0.1) is 24.3 Å². The summed E-state index contributed by atoms with van der Waals surface area (Å²) in [5.74, 6) is -3.78. The van der Waals surface area contributed by atoms with Gasteiger partial charge in [0.05, 0.1) is 0 Å². The zero-order valence-electron chi connectivity index (χ0n) is 11.3. The molecule has 1 nitrogen and oxygen atoms in total. The largest absolute Gasteiger partial charge is 0.399 e. The van der Waals surface area contributed by atoms with Gasteiger partial charge in [-0.2, -0.15) is 13.2 Å². The van der Waals surface area contributed by atoms with Gasteiger partial charge in [0.25, 0.3) is 0 Å². The normalized spacial score (nSPS) is 45.1. The number of halogens is 6. The summed E-state index contributed by atoms with van der Waals surface area (Å²) in [5.41, 5.74) is 0. The van der Waals surface area contributed by atoms with Crippen LogP contribution < -0.4 is 0 Å². The molecule has 0 bridgehead atoms. The molecule has 2 saturated carbocycles. The lowest BCUT2D eigenvalue weighted by molar-refractivity contribution is -0.191. The Kier molecular flexibility index (Phi) is 4.74. The second-order valence-corrected chi connectivity index (χ2v) is 6.10. The first-order valence-corrected chi connectivity index (χ1v) is 7.09. The third-order valence-corrected chi connectivity index (χ3v) is 4.78. The lowest BCUT2D eigenvalue weighted by Gasteiger charge is -2.40. The van der Waals surface area contributed by atoms with E-state index in [1.54, 1.807) is 0 Å². The molecule has 0 aromatic heterocycles. The van der Waals surface area contributed by atoms with Gasteiger partial charge >= 0.3 is 6.18 Å². The quantitative estimate of drug-likeness (QED) is 0.489. The van der Waals surface area contributed by atoms with Crippen LogP contribution in [0.5, 0.6) is 0 Å². The molecule has 0 aliphatic heterocycles. The molecule has 5 unspecified atom stereocenters. The highest BCUT2D eigenvalue weighted by molar-refractivity contribution is 4.99. The van der Waals surface area contributed by atoms with Gasteiger partial charge in [-0.15, -0.1) is 0 Å². The van der Waals surface area contributed by atoms with Crippen LogP contribution in [-0.2, 0) is 0 Å². The molecule has 120 valence electrons. The molecular formula is C14H17F6N. The summed E-state index contributed by atoms with van der Waals surface area (Å²) in [6.45, 7) is 6.85. The Bertz CT molecular complexity index is 391. The fourth-order valence-electron chi connectivity index (χ4n) is 3.76. The number of hydrogen-bond acceptors (Lipinski definition) is 0. The monoisotopic (exact) mass is 313 g/mol. The van der Waals surface area contributed by atoms with Gasteiger partial charge in [0.15, 0.2) is 0 Å². The van der Waals surface area contributed by atoms with E-state index in [-0.39, 0.29) is 12.8 Å². The third-order valence-electron chi connectivity index (χ3n) is 4.78. The molecule has 0 aromatic carbocycles. The van der Waals surface area contributed by atoms with Crippen molar-refractivity contribution in [1.29, 1.82) is 0 Å². The fourth-order valence-corrected chi connectivity index (χ4v) is 3.76. The fraction of sp³-hybridized carbons (Fsp3) is 0.929. The zero-order valence-corrected chi connectivity index (χ0v) is 11.3. The van der Waals surface area contributed by atoms with Crippen molar-refractivity contribution in [2.24, 2.45) is 17.8 Å². The maximum absolute atomic E-state index is 13.9. The number of alkyl halides is 6. The van der Waals surface area contributed by atoms with Gasteiger partial charge in [-0.1, -0.05) is 0 Å². The van der Waals surface area contributed by atoms with Crippen LogP contribution in [0.2, 0.25) is 0 Å². The Labute approximate surface area is 119 Å². The zero-order chi connectivity index (χ0) is 15.8. The lowest BCUT2D eigenvalue weighted by Crippen LogP contribution is -2.46. The van der Waals surface area contributed by atoms with Crippen LogP contribution in [0.4, 0.5) is 26.3 Å². The van der Waals surface area contributed by atoms with Crippen molar-refractivity contribution in [3.05, 3.63) is 11.4 Å². The molecule has 0 radical (unpaired) electrons. The lowest BCUT2D eigenvalue weighted by atomic mass is 9.67. The number of nitrogens with zero attached hydrogens (tertiary/aromatic N) is 1. The average molecular weight is 313 g/mol. The minimum atomic E-state index is -4.54. The standard InChI is InChI=1S/C14H17F6N/c1-21-12-3-2-7(4-9(12)14(18,19)20)13-10(16)5-8(15)6-11(13)17/h7-13H,2-6H2. The van der Waals surface area contributed by atoms with Crippen LogP contribution >= 0.6 is 0 Å². The molecule has 0 spiro atoms. The van der Waals surface area contributed by atoms with E-state index in [4.69, 9.17) is 6.57 Å². The van der Waals surface area contributed by atoms with Gasteiger partial charge in [-0.3, -0.25) is 0 Å². The van der Waals surface area contributed by atoms with Crippen molar-refractivity contribution < 1.29 is 26.3 Å². The minimum Gasteiger partial charge on any atom is -0.313 e. The molecule has 0 N–H and O–H groups in total. The van der Waals surface area contributed by atoms with Crippen LogP contribution in [0.25, 0.3) is 4.85 Å². The summed E-state index contributed by atoms with van der Waals surface area (Å²) in [6.07, 6.45) is -10.7. The second kappa shape index (κ2) is 6.05. The molecule has 2 aliphatic rings. The maximum atomic E-state index is 13.9. The van der Waals surface area contributed by atoms with Crippen molar-refractivity contribution in [2.45, 2.75) is 62.8 Å². The van der Waals surface area contributed by atoms with Crippen molar-refractivity contribution in [2.75, 3.05) is 0 Å². The summed E-state index contributed by atoms with van der Waals surface area (Å²) < 4.78 is 79.9. The highest BCUT2D eigenvalue weighted by atomic mass is 19.4. The highest BCUT2D eigenvalue weighted by Crippen LogP contribution is 2.48. The van der Waals surface area contributed by atoms with E-state index >= 15 is 0 Å². The summed E-state index contributed by atoms with van der Waals surface area (Å²) in [6, 6.07) is -1.17. The van der Waals surface area contributed by atoms with E-state index in [9.17, 15) is 26.3 Å². The Morgan fingerprint density at radius 2 is 1.48 bits per heavy atom. The molecule has 5 atom stereocenters. The smallest absolute Gasteiger partial charge is 0.313 e. The Morgan fingerprint density at radius 1 is 0.905 bits per heavy atom. The summed E-state index contributed by atoms with van der Waals surface area (Å²) in [7, 11) is 0. The van der Waals surface area contributed by atoms with Crippen molar-refractivity contribution in [3.8, 4) is 0 Å². The Balaban J connectivity index is 2.13. The minimum absolute atomic E-state index is 0.00661. The second-order valence-electron chi connectivity index (χ2n) is 6.10. The van der Waals surface area contributed by atoms with Crippen LogP contribution in [-0.4, -0.2) is 30.7 Å². The van der Waals surface area contributed by atoms with E-state index in [2.05, 4.69) is 4.85 Å². The predicted octanol–water partition coefficient (Wildman–Crippen LogP) is 4.68. The topological polar surface area (TPSA) is 4.36 Å². The van der Waals surface area contributed by atoms with Crippen LogP contribution in [0.1, 0.15) is 32.1 Å². The summed E-state index contributed by atoms with van der Waals surface area (Å²) >= 11 is 0. The van der Waals surface area contributed by atoms with Crippen molar-refractivity contribution in [1.82, 2.24) is 0 Å². The molecular weight excluding hydrogens is 296 g/mol. The van der Waals surface area contributed by atoms with E-state index in [1.165, 1.54) is 0 Å². The third kappa shape index (κ3) is 3.46. The molecule has 7 heteroatoms. The summed E-state index contributed by atoms with van der Waals surface area (Å²) in [4.78, 5) is 3.01. The Hall–Kier alpha value is -0.930. The van der Waals surface area contributed by atoms with Gasteiger partial charge in [0.1, 0.15) is 24.4 Å². The van der Waals surface area contributed by atoms with E-state index in [1.807, 2.05) is 0 Å². The number of hydrogen-bond donors (Lipinski definition) is 0. The van der Waals surface area contributed by atoms with E-state index in [0.717, 1.165) is 0 Å². The van der Waals surface area contributed by atoms with Crippen LogP contribution in [0.3, 0.4) is 0 Å². The molecule has 0 amide bonds. The first-order valence-electron chi connectivity index (χ1n) is 7.09. The van der Waals surface area contributed by atoms with Crippen LogP contribution in [0.15, 0.2) is 0 Å². The molecule has 2 fully saturated rings. The summed E-state index contributed by atoms with van der Waals surface area (Å²) in [5, 5.41) is 0. The van der Waals surface area contributed by atoms with Crippen molar-refractivity contribution in [3.63, 3.8) is 0 Å². The van der Waals surface area contributed by atoms with Gasteiger partial charge in [0, 0.05) is 25.2 Å². The molecule has 0 saturated heterocycles. The molecule has 0 aromatic rings. The van der Waals surface area contributed by atoms with Gasteiger partial charge in [-0.05, 0) is 18.8 Å². The molecule has 2 rings (SSSR count). The van der Waals surface area contributed by atoms with E-state index in [0.29, 0.717) is 0 Å². The average Bonchev–Trinajstić information content (AvgIpc) is 2.36. The first kappa shape index (κ1) is 16.4. The number of rotatable bonds is 1. The Morgan fingerprint density at radius 3 is 1.95 bits per heavy atom.